The van der Waals surface area contributed by atoms with Gasteiger partial charge in [0, 0.05) is 28.5 Å². The standard InChI is InChI=1S/C17H23ClN2S/c1-3-16(19)17(13-6-4-7-14(18)12-13)20(2)10-9-15-8-5-11-21-15/h4-8,11-12,16-17H,3,9-10,19H2,1-2H3. The van der Waals surface area contributed by atoms with E-state index in [9.17, 15) is 0 Å². The normalized spacial score (nSPS) is 14.3. The molecule has 0 amide bonds. The van der Waals surface area contributed by atoms with Crippen LogP contribution in [0, 0.1) is 0 Å². The van der Waals surface area contributed by atoms with Gasteiger partial charge >= 0.3 is 0 Å². The lowest BCUT2D eigenvalue weighted by Crippen LogP contribution is -2.39. The van der Waals surface area contributed by atoms with E-state index in [1.165, 1.54) is 10.4 Å². The first-order valence-corrected chi connectivity index (χ1v) is 8.61. The first-order valence-electron chi connectivity index (χ1n) is 7.35. The highest BCUT2D eigenvalue weighted by atomic mass is 35.5. The van der Waals surface area contributed by atoms with E-state index >= 15 is 0 Å². The highest BCUT2D eigenvalue weighted by Gasteiger charge is 2.23. The van der Waals surface area contributed by atoms with Crippen LogP contribution in [0.5, 0.6) is 0 Å². The van der Waals surface area contributed by atoms with Gasteiger partial charge in [-0.05, 0) is 49.0 Å². The highest BCUT2D eigenvalue weighted by Crippen LogP contribution is 2.26. The summed E-state index contributed by atoms with van der Waals surface area (Å²) in [5.74, 6) is 0. The quantitative estimate of drug-likeness (QED) is 0.821. The molecule has 2 rings (SSSR count). The van der Waals surface area contributed by atoms with Crippen molar-refractivity contribution in [2.45, 2.75) is 31.8 Å². The fourth-order valence-electron chi connectivity index (χ4n) is 2.62. The summed E-state index contributed by atoms with van der Waals surface area (Å²) in [4.78, 5) is 3.76. The fraction of sp³-hybridized carbons (Fsp3) is 0.412. The molecular formula is C17H23ClN2S. The zero-order valence-corrected chi connectivity index (χ0v) is 14.2. The Hall–Kier alpha value is -0.870. The first kappa shape index (κ1) is 16.5. The van der Waals surface area contributed by atoms with Gasteiger partial charge in [0.2, 0.25) is 0 Å². The maximum atomic E-state index is 6.37. The van der Waals surface area contributed by atoms with Crippen LogP contribution in [0.1, 0.15) is 29.8 Å². The molecule has 0 aliphatic carbocycles. The van der Waals surface area contributed by atoms with Crippen LogP contribution >= 0.6 is 22.9 Å². The molecule has 21 heavy (non-hydrogen) atoms. The monoisotopic (exact) mass is 322 g/mol. The highest BCUT2D eigenvalue weighted by molar-refractivity contribution is 7.09. The van der Waals surface area contributed by atoms with E-state index in [0.29, 0.717) is 0 Å². The van der Waals surface area contributed by atoms with Gasteiger partial charge in [-0.2, -0.15) is 0 Å². The molecule has 0 spiro atoms. The number of hydrogen-bond donors (Lipinski definition) is 1. The van der Waals surface area contributed by atoms with Crippen LogP contribution in [0.2, 0.25) is 5.02 Å². The van der Waals surface area contributed by atoms with E-state index in [4.69, 9.17) is 17.3 Å². The Kier molecular flexibility index (Phi) is 6.24. The molecule has 2 atom stereocenters. The van der Waals surface area contributed by atoms with Crippen molar-refractivity contribution in [2.75, 3.05) is 13.6 Å². The van der Waals surface area contributed by atoms with Gasteiger partial charge < -0.3 is 5.73 Å². The molecule has 1 aromatic heterocycles. The lowest BCUT2D eigenvalue weighted by molar-refractivity contribution is 0.212. The van der Waals surface area contributed by atoms with Gasteiger partial charge in [-0.1, -0.05) is 36.7 Å². The number of nitrogens with zero attached hydrogens (tertiary/aromatic N) is 1. The Morgan fingerprint density at radius 1 is 1.29 bits per heavy atom. The molecule has 1 aromatic carbocycles. The molecule has 114 valence electrons. The fourth-order valence-corrected chi connectivity index (χ4v) is 3.52. The van der Waals surface area contributed by atoms with Crippen molar-refractivity contribution >= 4 is 22.9 Å². The van der Waals surface area contributed by atoms with E-state index in [1.807, 2.05) is 29.5 Å². The molecular weight excluding hydrogens is 300 g/mol. The second kappa shape index (κ2) is 7.95. The third-order valence-electron chi connectivity index (χ3n) is 3.83. The number of likely N-dealkylation sites (N-methyl/N-ethyl adjacent to an activating group) is 1. The van der Waals surface area contributed by atoms with Crippen molar-refractivity contribution < 1.29 is 0 Å². The largest absolute Gasteiger partial charge is 0.326 e. The SMILES string of the molecule is CCC(N)C(c1cccc(Cl)c1)N(C)CCc1cccs1. The van der Waals surface area contributed by atoms with Crippen LogP contribution in [0.25, 0.3) is 0 Å². The zero-order chi connectivity index (χ0) is 15.2. The Morgan fingerprint density at radius 3 is 2.71 bits per heavy atom. The molecule has 2 nitrogen and oxygen atoms in total. The third-order valence-corrected chi connectivity index (χ3v) is 5.00. The van der Waals surface area contributed by atoms with Gasteiger partial charge in [-0.25, -0.2) is 0 Å². The average molecular weight is 323 g/mol. The molecule has 2 unspecified atom stereocenters. The van der Waals surface area contributed by atoms with Gasteiger partial charge in [-0.15, -0.1) is 11.3 Å². The molecule has 4 heteroatoms. The van der Waals surface area contributed by atoms with Crippen LogP contribution in [0.3, 0.4) is 0 Å². The Labute approximate surface area is 136 Å². The van der Waals surface area contributed by atoms with Crippen LogP contribution in [-0.2, 0) is 6.42 Å². The van der Waals surface area contributed by atoms with Crippen molar-refractivity contribution in [3.63, 3.8) is 0 Å². The van der Waals surface area contributed by atoms with Crippen molar-refractivity contribution in [2.24, 2.45) is 5.73 Å². The van der Waals surface area contributed by atoms with Crippen molar-refractivity contribution in [3.05, 3.63) is 57.2 Å². The second-order valence-corrected chi connectivity index (χ2v) is 6.85. The first-order chi connectivity index (χ1) is 10.1. The predicted molar refractivity (Wildman–Crippen MR) is 93.1 cm³/mol. The molecule has 0 fully saturated rings. The minimum Gasteiger partial charge on any atom is -0.326 e. The van der Waals surface area contributed by atoms with E-state index in [2.05, 4.69) is 42.5 Å². The van der Waals surface area contributed by atoms with Crippen LogP contribution in [0.4, 0.5) is 0 Å². The summed E-state index contributed by atoms with van der Waals surface area (Å²) in [6.07, 6.45) is 2.00. The average Bonchev–Trinajstić information content (AvgIpc) is 2.98. The van der Waals surface area contributed by atoms with Gasteiger partial charge in [-0.3, -0.25) is 4.90 Å². The summed E-state index contributed by atoms with van der Waals surface area (Å²) >= 11 is 7.95. The smallest absolute Gasteiger partial charge is 0.0496 e. The molecule has 0 radical (unpaired) electrons. The number of thiophene rings is 1. The Morgan fingerprint density at radius 2 is 2.10 bits per heavy atom. The molecule has 2 aromatic rings. The van der Waals surface area contributed by atoms with E-state index in [-0.39, 0.29) is 12.1 Å². The zero-order valence-electron chi connectivity index (χ0n) is 12.6. The number of benzene rings is 1. The number of rotatable bonds is 7. The van der Waals surface area contributed by atoms with Gasteiger partial charge in [0.05, 0.1) is 0 Å². The summed E-state index contributed by atoms with van der Waals surface area (Å²) in [5, 5.41) is 2.90. The molecule has 0 bridgehead atoms. The summed E-state index contributed by atoms with van der Waals surface area (Å²) < 4.78 is 0. The summed E-state index contributed by atoms with van der Waals surface area (Å²) in [6, 6.07) is 12.7. The van der Waals surface area contributed by atoms with Crippen molar-refractivity contribution in [3.8, 4) is 0 Å². The van der Waals surface area contributed by atoms with Crippen molar-refractivity contribution in [1.29, 1.82) is 0 Å². The number of hydrogen-bond acceptors (Lipinski definition) is 3. The number of halogens is 1. The lowest BCUT2D eigenvalue weighted by atomic mass is 9.96. The van der Waals surface area contributed by atoms with E-state index < -0.39 is 0 Å². The van der Waals surface area contributed by atoms with Gasteiger partial charge in [0.15, 0.2) is 0 Å². The summed E-state index contributed by atoms with van der Waals surface area (Å²) in [5.41, 5.74) is 7.57. The second-order valence-electron chi connectivity index (χ2n) is 5.38. The minimum absolute atomic E-state index is 0.108. The molecule has 2 N–H and O–H groups in total. The lowest BCUT2D eigenvalue weighted by Gasteiger charge is -2.33. The molecule has 0 aliphatic rings. The van der Waals surface area contributed by atoms with Crippen LogP contribution in [0.15, 0.2) is 41.8 Å². The van der Waals surface area contributed by atoms with E-state index in [0.717, 1.165) is 24.4 Å². The molecule has 1 heterocycles. The predicted octanol–water partition coefficient (Wildman–Crippen LogP) is 4.35. The minimum atomic E-state index is 0.108. The van der Waals surface area contributed by atoms with Crippen molar-refractivity contribution in [1.82, 2.24) is 4.90 Å². The van der Waals surface area contributed by atoms with Crippen LogP contribution < -0.4 is 5.73 Å². The number of nitrogens with two attached hydrogens (primary N) is 1. The maximum Gasteiger partial charge on any atom is 0.0496 e. The molecule has 0 aliphatic heterocycles. The Balaban J connectivity index is 2.11. The van der Waals surface area contributed by atoms with Gasteiger partial charge in [0.1, 0.15) is 0 Å². The maximum absolute atomic E-state index is 6.37. The third kappa shape index (κ3) is 4.55. The Bertz CT molecular complexity index is 541. The summed E-state index contributed by atoms with van der Waals surface area (Å²) in [7, 11) is 2.15. The summed E-state index contributed by atoms with van der Waals surface area (Å²) in [6.45, 7) is 3.13. The molecule has 0 saturated heterocycles. The topological polar surface area (TPSA) is 29.3 Å². The van der Waals surface area contributed by atoms with Gasteiger partial charge in [0.25, 0.3) is 0 Å². The van der Waals surface area contributed by atoms with E-state index in [1.54, 1.807) is 0 Å². The molecule has 0 saturated carbocycles. The van der Waals surface area contributed by atoms with Crippen LogP contribution in [-0.4, -0.2) is 24.5 Å².